The second-order valence-corrected chi connectivity index (χ2v) is 4.70. The molecule has 1 heterocycles. The summed E-state index contributed by atoms with van der Waals surface area (Å²) < 4.78 is 44.4. The largest absolute Gasteiger partial charge is 0.508 e. The Morgan fingerprint density at radius 3 is 2.41 bits per heavy atom. The predicted octanol–water partition coefficient (Wildman–Crippen LogP) is 4.18. The van der Waals surface area contributed by atoms with Crippen molar-refractivity contribution in [1.82, 2.24) is 0 Å². The summed E-state index contributed by atoms with van der Waals surface area (Å²) >= 11 is 0. The highest BCUT2D eigenvalue weighted by Crippen LogP contribution is 2.39. The summed E-state index contributed by atoms with van der Waals surface area (Å²) in [5.41, 5.74) is -1.60. The number of phenols is 1. The highest BCUT2D eigenvalue weighted by molar-refractivity contribution is 5.94. The Morgan fingerprint density at radius 2 is 1.68 bits per heavy atom. The van der Waals surface area contributed by atoms with E-state index in [1.54, 1.807) is 0 Å². The van der Waals surface area contributed by atoms with Crippen LogP contribution in [0.5, 0.6) is 5.75 Å². The fourth-order valence-corrected chi connectivity index (χ4v) is 2.34. The van der Waals surface area contributed by atoms with Crippen molar-refractivity contribution < 1.29 is 22.7 Å². The van der Waals surface area contributed by atoms with Crippen molar-refractivity contribution in [2.75, 3.05) is 0 Å². The fraction of sp³-hybridized carbons (Fsp3) is 0.0625. The van der Waals surface area contributed by atoms with Gasteiger partial charge in [0, 0.05) is 23.1 Å². The molecule has 0 atom stereocenters. The molecule has 0 aliphatic rings. The van der Waals surface area contributed by atoms with Gasteiger partial charge >= 0.3 is 11.8 Å². The molecule has 112 valence electrons. The molecule has 0 fully saturated rings. The molecule has 2 aromatic carbocycles. The summed E-state index contributed by atoms with van der Waals surface area (Å²) in [5.74, 6) is -0.142. The Bertz CT molecular complexity index is 910. The van der Waals surface area contributed by atoms with Crippen LogP contribution in [-0.4, -0.2) is 5.11 Å². The van der Waals surface area contributed by atoms with Crippen molar-refractivity contribution in [3.05, 3.63) is 64.5 Å². The van der Waals surface area contributed by atoms with Crippen LogP contribution in [0.3, 0.4) is 0 Å². The number of benzene rings is 2. The van der Waals surface area contributed by atoms with Gasteiger partial charge in [-0.25, -0.2) is 4.79 Å². The van der Waals surface area contributed by atoms with Crippen molar-refractivity contribution in [2.24, 2.45) is 0 Å². The Morgan fingerprint density at radius 1 is 0.955 bits per heavy atom. The lowest BCUT2D eigenvalue weighted by Crippen LogP contribution is -2.08. The maximum absolute atomic E-state index is 13.2. The van der Waals surface area contributed by atoms with Crippen molar-refractivity contribution in [3.8, 4) is 16.9 Å². The monoisotopic (exact) mass is 306 g/mol. The average Bonchev–Trinajstić information content (AvgIpc) is 2.45. The van der Waals surface area contributed by atoms with Gasteiger partial charge in [-0.05, 0) is 23.8 Å². The van der Waals surface area contributed by atoms with E-state index in [0.29, 0.717) is 5.39 Å². The van der Waals surface area contributed by atoms with Gasteiger partial charge in [0.1, 0.15) is 11.3 Å². The number of hydrogen-bond acceptors (Lipinski definition) is 3. The molecule has 0 spiro atoms. The van der Waals surface area contributed by atoms with Crippen LogP contribution in [0.1, 0.15) is 5.56 Å². The minimum atomic E-state index is -4.55. The Balaban J connectivity index is 2.39. The normalized spacial score (nSPS) is 11.8. The molecule has 1 aromatic heterocycles. The average molecular weight is 306 g/mol. The standard InChI is InChI=1S/C16H9F3O3/c17-16(18,19)13-4-2-1-3-10(13)12-8-15(21)22-14-7-9(20)5-6-11(12)14/h1-8,20H. The fourth-order valence-electron chi connectivity index (χ4n) is 2.34. The van der Waals surface area contributed by atoms with Gasteiger partial charge in [-0.2, -0.15) is 13.2 Å². The van der Waals surface area contributed by atoms with E-state index in [4.69, 9.17) is 4.42 Å². The van der Waals surface area contributed by atoms with Crippen LogP contribution in [0.25, 0.3) is 22.1 Å². The van der Waals surface area contributed by atoms with Gasteiger partial charge in [-0.1, -0.05) is 18.2 Å². The number of halogens is 3. The third-order valence-electron chi connectivity index (χ3n) is 3.25. The van der Waals surface area contributed by atoms with Crippen molar-refractivity contribution in [2.45, 2.75) is 6.18 Å². The van der Waals surface area contributed by atoms with Crippen molar-refractivity contribution in [1.29, 1.82) is 0 Å². The van der Waals surface area contributed by atoms with Crippen LogP contribution >= 0.6 is 0 Å². The first-order valence-electron chi connectivity index (χ1n) is 6.30. The van der Waals surface area contributed by atoms with E-state index < -0.39 is 17.4 Å². The third-order valence-corrected chi connectivity index (χ3v) is 3.25. The van der Waals surface area contributed by atoms with Crippen LogP contribution < -0.4 is 5.63 Å². The quantitative estimate of drug-likeness (QED) is 0.686. The molecule has 0 saturated carbocycles. The SMILES string of the molecule is O=c1cc(-c2ccccc2C(F)(F)F)c2ccc(O)cc2o1. The molecule has 0 amide bonds. The molecule has 0 bridgehead atoms. The first kappa shape index (κ1) is 14.2. The molecule has 0 aliphatic carbocycles. The van der Waals surface area contributed by atoms with Crippen LogP contribution in [0.4, 0.5) is 13.2 Å². The molecule has 3 aromatic rings. The molecule has 22 heavy (non-hydrogen) atoms. The number of alkyl halides is 3. The minimum Gasteiger partial charge on any atom is -0.508 e. The van der Waals surface area contributed by atoms with E-state index in [9.17, 15) is 23.1 Å². The maximum Gasteiger partial charge on any atom is 0.417 e. The molecule has 6 heteroatoms. The van der Waals surface area contributed by atoms with Crippen LogP contribution in [0.2, 0.25) is 0 Å². The van der Waals surface area contributed by atoms with E-state index >= 15 is 0 Å². The number of rotatable bonds is 1. The molecular formula is C16H9F3O3. The number of phenolic OH excluding ortho intramolecular Hbond substituents is 1. The van der Waals surface area contributed by atoms with Crippen molar-refractivity contribution >= 4 is 11.0 Å². The Hall–Kier alpha value is -2.76. The summed E-state index contributed by atoms with van der Waals surface area (Å²) in [5, 5.41) is 9.74. The zero-order valence-electron chi connectivity index (χ0n) is 11.0. The Labute approximate surface area is 122 Å². The van der Waals surface area contributed by atoms with Crippen LogP contribution in [0, 0.1) is 0 Å². The molecule has 0 aliphatic heterocycles. The van der Waals surface area contributed by atoms with Crippen LogP contribution in [-0.2, 0) is 6.18 Å². The lowest BCUT2D eigenvalue weighted by molar-refractivity contribution is -0.137. The number of hydrogen-bond donors (Lipinski definition) is 1. The molecule has 1 N–H and O–H groups in total. The zero-order chi connectivity index (χ0) is 15.9. The van der Waals surface area contributed by atoms with Gasteiger partial charge < -0.3 is 9.52 Å². The maximum atomic E-state index is 13.2. The van der Waals surface area contributed by atoms with Gasteiger partial charge in [0.2, 0.25) is 0 Å². The highest BCUT2D eigenvalue weighted by Gasteiger charge is 2.33. The summed E-state index contributed by atoms with van der Waals surface area (Å²) in [6, 6.07) is 9.94. The van der Waals surface area contributed by atoms with E-state index in [1.807, 2.05) is 0 Å². The van der Waals surface area contributed by atoms with Crippen LogP contribution in [0.15, 0.2) is 57.7 Å². The smallest absolute Gasteiger partial charge is 0.417 e. The van der Waals surface area contributed by atoms with Gasteiger partial charge in [0.25, 0.3) is 0 Å². The predicted molar refractivity (Wildman–Crippen MR) is 74.6 cm³/mol. The van der Waals surface area contributed by atoms with E-state index in [-0.39, 0.29) is 22.5 Å². The zero-order valence-corrected chi connectivity index (χ0v) is 11.0. The topological polar surface area (TPSA) is 50.4 Å². The molecular weight excluding hydrogens is 297 g/mol. The highest BCUT2D eigenvalue weighted by atomic mass is 19.4. The van der Waals surface area contributed by atoms with E-state index in [2.05, 4.69) is 0 Å². The third kappa shape index (κ3) is 2.43. The van der Waals surface area contributed by atoms with Crippen molar-refractivity contribution in [3.63, 3.8) is 0 Å². The van der Waals surface area contributed by atoms with Gasteiger partial charge in [-0.15, -0.1) is 0 Å². The molecule has 3 rings (SSSR count). The van der Waals surface area contributed by atoms with E-state index in [1.165, 1.54) is 36.4 Å². The van der Waals surface area contributed by atoms with Gasteiger partial charge in [-0.3, -0.25) is 0 Å². The van der Waals surface area contributed by atoms with Gasteiger partial charge in [0.15, 0.2) is 0 Å². The molecule has 0 radical (unpaired) electrons. The first-order chi connectivity index (χ1) is 10.4. The summed E-state index contributed by atoms with van der Waals surface area (Å²) in [4.78, 5) is 11.6. The summed E-state index contributed by atoms with van der Waals surface area (Å²) in [7, 11) is 0. The second-order valence-electron chi connectivity index (χ2n) is 4.70. The molecule has 0 unspecified atom stereocenters. The minimum absolute atomic E-state index is 0.0273. The lowest BCUT2D eigenvalue weighted by Gasteiger charge is -2.13. The number of fused-ring (bicyclic) bond motifs is 1. The summed E-state index contributed by atoms with van der Waals surface area (Å²) in [6.45, 7) is 0. The van der Waals surface area contributed by atoms with E-state index in [0.717, 1.165) is 12.1 Å². The first-order valence-corrected chi connectivity index (χ1v) is 6.30. The molecule has 0 saturated heterocycles. The molecule has 3 nitrogen and oxygen atoms in total. The second kappa shape index (κ2) is 4.91. The summed E-state index contributed by atoms with van der Waals surface area (Å²) in [6.07, 6.45) is -4.55. The Kier molecular flexibility index (Phi) is 3.16. The lowest BCUT2D eigenvalue weighted by atomic mass is 9.97. The number of aromatic hydroxyl groups is 1. The van der Waals surface area contributed by atoms with Gasteiger partial charge in [0.05, 0.1) is 5.56 Å².